The lowest BCUT2D eigenvalue weighted by atomic mass is 9.97. The lowest BCUT2D eigenvalue weighted by Crippen LogP contribution is -2.12. The number of halogens is 3. The fraction of sp³-hybridized carbons (Fsp3) is 0.357. The fourth-order valence-electron chi connectivity index (χ4n) is 2.63. The molecule has 1 aliphatic rings. The number of hydrogen-bond donors (Lipinski definition) is 1. The van der Waals surface area contributed by atoms with E-state index in [0.29, 0.717) is 10.9 Å². The van der Waals surface area contributed by atoms with Crippen LogP contribution in [0.5, 0.6) is 0 Å². The van der Waals surface area contributed by atoms with E-state index >= 15 is 0 Å². The Labute approximate surface area is 108 Å². The smallest absolute Gasteiger partial charge is 0.281 e. The minimum atomic E-state index is -4.22. The molecule has 0 spiro atoms. The van der Waals surface area contributed by atoms with Gasteiger partial charge in [-0.2, -0.15) is 18.3 Å². The first-order valence-corrected chi connectivity index (χ1v) is 6.27. The fourth-order valence-corrected chi connectivity index (χ4v) is 2.63. The van der Waals surface area contributed by atoms with E-state index in [9.17, 15) is 13.2 Å². The molecule has 1 aliphatic carbocycles. The van der Waals surface area contributed by atoms with Crippen molar-refractivity contribution in [2.45, 2.75) is 31.9 Å². The Morgan fingerprint density at radius 3 is 2.89 bits per heavy atom. The molecule has 0 amide bonds. The Kier molecular flexibility index (Phi) is 2.84. The molecule has 1 N–H and O–H groups in total. The molecule has 5 heteroatoms. The summed E-state index contributed by atoms with van der Waals surface area (Å²) in [5.41, 5.74) is 2.79. The van der Waals surface area contributed by atoms with Crippen molar-refractivity contribution in [3.63, 3.8) is 0 Å². The molecule has 1 aromatic heterocycles. The predicted molar refractivity (Wildman–Crippen MR) is 67.8 cm³/mol. The maximum absolute atomic E-state index is 12.6. The molecule has 2 aromatic rings. The van der Waals surface area contributed by atoms with Gasteiger partial charge in [0, 0.05) is 5.39 Å². The number of rotatable bonds is 1. The Morgan fingerprint density at radius 2 is 2.11 bits per heavy atom. The zero-order valence-corrected chi connectivity index (χ0v) is 10.2. The third-order valence-corrected chi connectivity index (χ3v) is 3.41. The van der Waals surface area contributed by atoms with E-state index in [2.05, 4.69) is 16.3 Å². The van der Waals surface area contributed by atoms with Crippen LogP contribution in [0.4, 0.5) is 13.2 Å². The largest absolute Gasteiger partial charge is 0.394 e. The average Bonchev–Trinajstić information content (AvgIpc) is 2.59. The van der Waals surface area contributed by atoms with Crippen LogP contribution in [-0.4, -0.2) is 16.4 Å². The Balaban J connectivity index is 2.18. The normalized spacial score (nSPS) is 15.5. The first kappa shape index (κ1) is 12.3. The number of nitrogens with one attached hydrogen (secondary N) is 1. The van der Waals surface area contributed by atoms with Gasteiger partial charge in [0.15, 0.2) is 0 Å². The molecule has 0 bridgehead atoms. The molecule has 0 unspecified atom stereocenters. The van der Waals surface area contributed by atoms with Crippen molar-refractivity contribution >= 4 is 17.0 Å². The second-order valence-corrected chi connectivity index (χ2v) is 4.82. The van der Waals surface area contributed by atoms with Crippen molar-refractivity contribution < 1.29 is 13.2 Å². The van der Waals surface area contributed by atoms with Crippen LogP contribution < -0.4 is 0 Å². The van der Waals surface area contributed by atoms with E-state index in [-0.39, 0.29) is 5.69 Å². The van der Waals surface area contributed by atoms with Gasteiger partial charge in [-0.05, 0) is 36.5 Å². The monoisotopic (exact) mass is 266 g/mol. The van der Waals surface area contributed by atoms with Crippen molar-refractivity contribution in [2.24, 2.45) is 0 Å². The molecule has 3 rings (SSSR count). The van der Waals surface area contributed by atoms with Gasteiger partial charge in [-0.25, -0.2) is 0 Å². The molecule has 1 heterocycles. The van der Waals surface area contributed by atoms with E-state index in [0.717, 1.165) is 30.4 Å². The maximum Gasteiger partial charge on any atom is 0.394 e. The van der Waals surface area contributed by atoms with Gasteiger partial charge in [0.2, 0.25) is 0 Å². The summed E-state index contributed by atoms with van der Waals surface area (Å²) in [4.78, 5) is 0. The summed E-state index contributed by atoms with van der Waals surface area (Å²) in [6.45, 7) is 0. The van der Waals surface area contributed by atoms with E-state index < -0.39 is 12.6 Å². The third kappa shape index (κ3) is 2.37. The minimum Gasteiger partial charge on any atom is -0.281 e. The lowest BCUT2D eigenvalue weighted by molar-refractivity contribution is -0.127. The molecule has 0 aliphatic heterocycles. The van der Waals surface area contributed by atoms with Crippen LogP contribution in [0.15, 0.2) is 18.2 Å². The van der Waals surface area contributed by atoms with Gasteiger partial charge in [0.1, 0.15) is 0 Å². The van der Waals surface area contributed by atoms with Crippen molar-refractivity contribution in [3.8, 4) is 0 Å². The van der Waals surface area contributed by atoms with Gasteiger partial charge >= 0.3 is 6.18 Å². The predicted octanol–water partition coefficient (Wildman–Crippen LogP) is 4.02. The number of allylic oxidation sites excluding steroid dienone is 1. The maximum atomic E-state index is 12.6. The van der Waals surface area contributed by atoms with Crippen LogP contribution in [0.25, 0.3) is 17.0 Å². The quantitative estimate of drug-likeness (QED) is 0.829. The minimum absolute atomic E-state index is 0.176. The van der Waals surface area contributed by atoms with Crippen molar-refractivity contribution in [1.82, 2.24) is 10.2 Å². The molecule has 0 fully saturated rings. The van der Waals surface area contributed by atoms with Gasteiger partial charge in [0.25, 0.3) is 0 Å². The highest BCUT2D eigenvalue weighted by atomic mass is 19.4. The Morgan fingerprint density at radius 1 is 1.26 bits per heavy atom. The second-order valence-electron chi connectivity index (χ2n) is 4.82. The van der Waals surface area contributed by atoms with Crippen LogP contribution in [0.2, 0.25) is 0 Å². The molecule has 2 nitrogen and oxygen atoms in total. The summed E-state index contributed by atoms with van der Waals surface area (Å²) < 4.78 is 37.8. The Hall–Kier alpha value is -1.78. The molecule has 0 radical (unpaired) electrons. The van der Waals surface area contributed by atoms with E-state index in [1.54, 1.807) is 6.07 Å². The standard InChI is InChI=1S/C14H13F3N2/c15-14(16,17)8-12-13-10-5-3-1-2-4-9(10)6-7-11(13)18-19-12/h2,4,6-7H,1,3,5,8H2,(H,18,19). The molecule has 19 heavy (non-hydrogen) atoms. The summed E-state index contributed by atoms with van der Waals surface area (Å²) in [6.07, 6.45) is 1.60. The summed E-state index contributed by atoms with van der Waals surface area (Å²) >= 11 is 0. The number of aromatic amines is 1. The average molecular weight is 266 g/mol. The molecule has 100 valence electrons. The number of aryl methyl sites for hydroxylation is 1. The molecule has 0 saturated carbocycles. The zero-order valence-electron chi connectivity index (χ0n) is 10.2. The highest BCUT2D eigenvalue weighted by Crippen LogP contribution is 2.31. The highest BCUT2D eigenvalue weighted by Gasteiger charge is 2.30. The van der Waals surface area contributed by atoms with Crippen LogP contribution in [0, 0.1) is 0 Å². The van der Waals surface area contributed by atoms with E-state index in [1.165, 1.54) is 0 Å². The number of fused-ring (bicyclic) bond motifs is 3. The van der Waals surface area contributed by atoms with Gasteiger partial charge in [0.05, 0.1) is 17.6 Å². The molecule has 1 aromatic carbocycles. The van der Waals surface area contributed by atoms with Crippen LogP contribution >= 0.6 is 0 Å². The molecule has 0 saturated heterocycles. The number of benzene rings is 1. The topological polar surface area (TPSA) is 28.7 Å². The van der Waals surface area contributed by atoms with Gasteiger partial charge in [-0.3, -0.25) is 5.10 Å². The van der Waals surface area contributed by atoms with Crippen LogP contribution in [0.1, 0.15) is 29.7 Å². The summed E-state index contributed by atoms with van der Waals surface area (Å²) in [5.74, 6) is 0. The second kappa shape index (κ2) is 4.40. The summed E-state index contributed by atoms with van der Waals surface area (Å²) in [6, 6.07) is 3.71. The number of nitrogens with zero attached hydrogens (tertiary/aromatic N) is 1. The number of alkyl halides is 3. The first-order valence-electron chi connectivity index (χ1n) is 6.27. The molecule has 0 atom stereocenters. The van der Waals surface area contributed by atoms with Crippen molar-refractivity contribution in [3.05, 3.63) is 35.0 Å². The third-order valence-electron chi connectivity index (χ3n) is 3.41. The SMILES string of the molecule is FC(F)(F)Cc1[nH]nc2ccc3c(c12)CCCC=C3. The molecular weight excluding hydrogens is 253 g/mol. The van der Waals surface area contributed by atoms with Crippen molar-refractivity contribution in [2.75, 3.05) is 0 Å². The first-order chi connectivity index (χ1) is 9.04. The lowest BCUT2D eigenvalue weighted by Gasteiger charge is -2.09. The van der Waals surface area contributed by atoms with Gasteiger partial charge in [-0.1, -0.05) is 18.2 Å². The van der Waals surface area contributed by atoms with Gasteiger partial charge in [-0.15, -0.1) is 0 Å². The number of aromatic nitrogens is 2. The van der Waals surface area contributed by atoms with Crippen molar-refractivity contribution in [1.29, 1.82) is 0 Å². The number of H-pyrrole nitrogens is 1. The van der Waals surface area contributed by atoms with Crippen LogP contribution in [-0.2, 0) is 12.8 Å². The highest BCUT2D eigenvalue weighted by molar-refractivity contribution is 5.88. The van der Waals surface area contributed by atoms with Crippen LogP contribution in [0.3, 0.4) is 0 Å². The Bertz CT molecular complexity index is 638. The van der Waals surface area contributed by atoms with Gasteiger partial charge < -0.3 is 0 Å². The van der Waals surface area contributed by atoms with E-state index in [4.69, 9.17) is 0 Å². The summed E-state index contributed by atoms with van der Waals surface area (Å²) in [7, 11) is 0. The van der Waals surface area contributed by atoms with E-state index in [1.807, 2.05) is 12.1 Å². The number of hydrogen-bond acceptors (Lipinski definition) is 1. The molecular formula is C14H13F3N2. The summed E-state index contributed by atoms with van der Waals surface area (Å²) in [5, 5.41) is 7.19. The zero-order chi connectivity index (χ0) is 13.5.